The maximum Gasteiger partial charge on any atom is 0.230 e. The minimum absolute atomic E-state index is 0.0467. The third-order valence-corrected chi connectivity index (χ3v) is 3.89. The Bertz CT molecular complexity index is 439. The highest BCUT2D eigenvalue weighted by Gasteiger charge is 2.37. The van der Waals surface area contributed by atoms with E-state index in [0.29, 0.717) is 11.6 Å². The van der Waals surface area contributed by atoms with E-state index in [1.165, 1.54) is 18.3 Å². The molecule has 1 aliphatic rings. The number of halogens is 1. The predicted octanol–water partition coefficient (Wildman–Crippen LogP) is 2.18. The van der Waals surface area contributed by atoms with Crippen molar-refractivity contribution in [3.05, 3.63) is 24.3 Å². The molecule has 5 heteroatoms. The molecule has 0 radical (unpaired) electrons. The molecule has 19 heavy (non-hydrogen) atoms. The SMILES string of the molecule is CC(C)(C(=O)Nc1ccc(F)nc1)C1CCCNC1. The highest BCUT2D eigenvalue weighted by atomic mass is 19.1. The average Bonchev–Trinajstić information content (AvgIpc) is 2.42. The smallest absolute Gasteiger partial charge is 0.230 e. The standard InChI is InChI=1S/C14H20FN3O/c1-14(2,10-4-3-7-16-8-10)13(19)18-11-5-6-12(15)17-9-11/h5-6,9-10,16H,3-4,7-8H2,1-2H3,(H,18,19). The van der Waals surface area contributed by atoms with E-state index in [4.69, 9.17) is 0 Å². The van der Waals surface area contributed by atoms with Gasteiger partial charge in [0, 0.05) is 5.41 Å². The van der Waals surface area contributed by atoms with Gasteiger partial charge in [0.25, 0.3) is 0 Å². The minimum Gasteiger partial charge on any atom is -0.324 e. The van der Waals surface area contributed by atoms with Gasteiger partial charge in [0.1, 0.15) is 0 Å². The van der Waals surface area contributed by atoms with E-state index < -0.39 is 11.4 Å². The van der Waals surface area contributed by atoms with Crippen LogP contribution in [-0.4, -0.2) is 24.0 Å². The van der Waals surface area contributed by atoms with Gasteiger partial charge in [0.05, 0.1) is 11.9 Å². The first kappa shape index (κ1) is 13.9. The summed E-state index contributed by atoms with van der Waals surface area (Å²) in [7, 11) is 0. The van der Waals surface area contributed by atoms with Gasteiger partial charge < -0.3 is 10.6 Å². The summed E-state index contributed by atoms with van der Waals surface area (Å²) in [6.45, 7) is 5.80. The molecule has 1 aromatic rings. The Morgan fingerprint density at radius 3 is 2.89 bits per heavy atom. The molecular weight excluding hydrogens is 245 g/mol. The lowest BCUT2D eigenvalue weighted by molar-refractivity contribution is -0.127. The zero-order valence-corrected chi connectivity index (χ0v) is 11.4. The first-order valence-corrected chi connectivity index (χ1v) is 6.64. The molecule has 0 bridgehead atoms. The van der Waals surface area contributed by atoms with Crippen molar-refractivity contribution in [2.75, 3.05) is 18.4 Å². The van der Waals surface area contributed by atoms with Gasteiger partial charge in [0.15, 0.2) is 0 Å². The van der Waals surface area contributed by atoms with Gasteiger partial charge in [-0.05, 0) is 44.0 Å². The van der Waals surface area contributed by atoms with Crippen molar-refractivity contribution in [2.24, 2.45) is 11.3 Å². The van der Waals surface area contributed by atoms with Crippen molar-refractivity contribution in [3.8, 4) is 0 Å². The van der Waals surface area contributed by atoms with Crippen LogP contribution in [0.5, 0.6) is 0 Å². The summed E-state index contributed by atoms with van der Waals surface area (Å²) < 4.78 is 12.7. The number of amides is 1. The topological polar surface area (TPSA) is 54.0 Å². The normalized spacial score (nSPS) is 20.1. The zero-order chi connectivity index (χ0) is 13.9. The van der Waals surface area contributed by atoms with Gasteiger partial charge in [-0.2, -0.15) is 4.39 Å². The van der Waals surface area contributed by atoms with Crippen LogP contribution in [0.25, 0.3) is 0 Å². The summed E-state index contributed by atoms with van der Waals surface area (Å²) in [6.07, 6.45) is 3.48. The number of nitrogens with zero attached hydrogens (tertiary/aromatic N) is 1. The maximum absolute atomic E-state index is 12.7. The van der Waals surface area contributed by atoms with Crippen LogP contribution < -0.4 is 10.6 Å². The number of piperidine rings is 1. The largest absolute Gasteiger partial charge is 0.324 e. The average molecular weight is 265 g/mol. The number of rotatable bonds is 3. The lowest BCUT2D eigenvalue weighted by Crippen LogP contribution is -2.44. The Hall–Kier alpha value is -1.49. The monoisotopic (exact) mass is 265 g/mol. The fourth-order valence-corrected chi connectivity index (χ4v) is 2.40. The first-order valence-electron chi connectivity index (χ1n) is 6.64. The van der Waals surface area contributed by atoms with Crippen molar-refractivity contribution >= 4 is 11.6 Å². The van der Waals surface area contributed by atoms with E-state index in [1.807, 2.05) is 13.8 Å². The molecule has 0 aromatic carbocycles. The van der Waals surface area contributed by atoms with Crippen molar-refractivity contribution in [1.82, 2.24) is 10.3 Å². The molecule has 2 rings (SSSR count). The number of pyridine rings is 1. The molecule has 1 amide bonds. The van der Waals surface area contributed by atoms with Crippen LogP contribution in [0.3, 0.4) is 0 Å². The van der Waals surface area contributed by atoms with E-state index >= 15 is 0 Å². The molecule has 1 atom stereocenters. The highest BCUT2D eigenvalue weighted by Crippen LogP contribution is 2.32. The van der Waals surface area contributed by atoms with Gasteiger partial charge >= 0.3 is 0 Å². The third-order valence-electron chi connectivity index (χ3n) is 3.89. The number of aromatic nitrogens is 1. The number of nitrogens with one attached hydrogen (secondary N) is 2. The number of hydrogen-bond donors (Lipinski definition) is 2. The number of hydrogen-bond acceptors (Lipinski definition) is 3. The van der Waals surface area contributed by atoms with E-state index in [2.05, 4.69) is 15.6 Å². The molecule has 1 aliphatic heterocycles. The van der Waals surface area contributed by atoms with E-state index in [0.717, 1.165) is 25.9 Å². The summed E-state index contributed by atoms with van der Waals surface area (Å²) in [4.78, 5) is 15.9. The quantitative estimate of drug-likeness (QED) is 0.824. The van der Waals surface area contributed by atoms with Crippen molar-refractivity contribution in [3.63, 3.8) is 0 Å². The molecule has 2 N–H and O–H groups in total. The van der Waals surface area contributed by atoms with E-state index in [1.54, 1.807) is 0 Å². The van der Waals surface area contributed by atoms with Crippen LogP contribution in [0.2, 0.25) is 0 Å². The van der Waals surface area contributed by atoms with E-state index in [9.17, 15) is 9.18 Å². The molecule has 0 aliphatic carbocycles. The molecule has 1 fully saturated rings. The molecule has 1 unspecified atom stereocenters. The second kappa shape index (κ2) is 5.65. The van der Waals surface area contributed by atoms with Crippen molar-refractivity contribution < 1.29 is 9.18 Å². The highest BCUT2D eigenvalue weighted by molar-refractivity contribution is 5.94. The van der Waals surface area contributed by atoms with Gasteiger partial charge in [-0.15, -0.1) is 0 Å². The Balaban J connectivity index is 2.03. The third kappa shape index (κ3) is 3.29. The molecule has 2 heterocycles. The minimum atomic E-state index is -0.547. The molecule has 0 saturated carbocycles. The molecule has 1 aromatic heterocycles. The molecule has 1 saturated heterocycles. The van der Waals surface area contributed by atoms with Crippen LogP contribution in [0.1, 0.15) is 26.7 Å². The van der Waals surface area contributed by atoms with Crippen LogP contribution in [-0.2, 0) is 4.79 Å². The number of carbonyl (C=O) groups is 1. The van der Waals surface area contributed by atoms with Gasteiger partial charge in [-0.1, -0.05) is 13.8 Å². The van der Waals surface area contributed by atoms with Crippen LogP contribution >= 0.6 is 0 Å². The van der Waals surface area contributed by atoms with Crippen molar-refractivity contribution in [2.45, 2.75) is 26.7 Å². The second-order valence-corrected chi connectivity index (χ2v) is 5.59. The lowest BCUT2D eigenvalue weighted by Gasteiger charge is -2.35. The molecule has 4 nitrogen and oxygen atoms in total. The maximum atomic E-state index is 12.7. The Morgan fingerprint density at radius 2 is 2.32 bits per heavy atom. The summed E-state index contributed by atoms with van der Waals surface area (Å²) in [5.74, 6) is -0.280. The predicted molar refractivity (Wildman–Crippen MR) is 72.2 cm³/mol. The van der Waals surface area contributed by atoms with Gasteiger partial charge in [-0.25, -0.2) is 4.98 Å². The van der Waals surface area contributed by atoms with Crippen LogP contribution in [0.15, 0.2) is 18.3 Å². The van der Waals surface area contributed by atoms with Crippen LogP contribution in [0.4, 0.5) is 10.1 Å². The Morgan fingerprint density at radius 1 is 1.53 bits per heavy atom. The first-order chi connectivity index (χ1) is 9.00. The summed E-state index contributed by atoms with van der Waals surface area (Å²) in [5.41, 5.74) is 0.0742. The molecule has 104 valence electrons. The van der Waals surface area contributed by atoms with Gasteiger partial charge in [-0.3, -0.25) is 4.79 Å². The summed E-state index contributed by atoms with van der Waals surface area (Å²) in [6, 6.07) is 2.76. The summed E-state index contributed by atoms with van der Waals surface area (Å²) in [5, 5.41) is 6.14. The zero-order valence-electron chi connectivity index (χ0n) is 11.4. The fourth-order valence-electron chi connectivity index (χ4n) is 2.40. The number of anilines is 1. The number of carbonyl (C=O) groups excluding carboxylic acids is 1. The molecular formula is C14H20FN3O. The van der Waals surface area contributed by atoms with Gasteiger partial charge in [0.2, 0.25) is 11.9 Å². The van der Waals surface area contributed by atoms with E-state index in [-0.39, 0.29) is 5.91 Å². The lowest BCUT2D eigenvalue weighted by atomic mass is 9.74. The summed E-state index contributed by atoms with van der Waals surface area (Å²) >= 11 is 0. The Labute approximate surface area is 112 Å². The second-order valence-electron chi connectivity index (χ2n) is 5.59. The Kier molecular flexibility index (Phi) is 4.14. The fraction of sp³-hybridized carbons (Fsp3) is 0.571. The van der Waals surface area contributed by atoms with Crippen LogP contribution in [0, 0.1) is 17.3 Å². The molecule has 0 spiro atoms. The van der Waals surface area contributed by atoms with Crippen molar-refractivity contribution in [1.29, 1.82) is 0 Å².